The third kappa shape index (κ3) is 4.36. The van der Waals surface area contributed by atoms with Crippen molar-refractivity contribution >= 4 is 12.7 Å². The number of nitrogens with zero attached hydrogens (tertiary/aromatic N) is 1. The molecule has 0 bridgehead atoms. The van der Waals surface area contributed by atoms with Gasteiger partial charge in [0.25, 0.3) is 0 Å². The molecule has 0 aliphatic rings. The van der Waals surface area contributed by atoms with Crippen LogP contribution in [0.15, 0.2) is 30.3 Å². The van der Waals surface area contributed by atoms with Crippen molar-refractivity contribution in [3.8, 4) is 0 Å². The van der Waals surface area contributed by atoms with Crippen molar-refractivity contribution in [3.05, 3.63) is 30.3 Å². The summed E-state index contributed by atoms with van der Waals surface area (Å²) in [6, 6.07) is 10.3. The molecule has 15 heavy (non-hydrogen) atoms. The smallest absolute Gasteiger partial charge is 0.373 e. The molecular formula is C11H19BN2O. The molecule has 1 aromatic rings. The Morgan fingerprint density at radius 1 is 1.33 bits per heavy atom. The molecule has 0 saturated carbocycles. The average molecular weight is 206 g/mol. The van der Waals surface area contributed by atoms with Crippen LogP contribution in [0.3, 0.4) is 0 Å². The van der Waals surface area contributed by atoms with Crippen molar-refractivity contribution in [1.29, 1.82) is 0 Å². The molecule has 1 aromatic carbocycles. The van der Waals surface area contributed by atoms with Gasteiger partial charge in [0, 0.05) is 25.4 Å². The van der Waals surface area contributed by atoms with Crippen LogP contribution in [0.25, 0.3) is 0 Å². The lowest BCUT2D eigenvalue weighted by atomic mass is 9.91. The summed E-state index contributed by atoms with van der Waals surface area (Å²) in [5, 5.41) is 0. The lowest BCUT2D eigenvalue weighted by Crippen LogP contribution is -2.32. The number of hydrogen-bond donors (Lipinski definition) is 1. The first-order chi connectivity index (χ1) is 7.24. The first-order valence-corrected chi connectivity index (χ1v) is 5.41. The quantitative estimate of drug-likeness (QED) is 0.718. The highest BCUT2D eigenvalue weighted by Gasteiger charge is 2.05. The summed E-state index contributed by atoms with van der Waals surface area (Å²) in [5.74, 6) is 0. The highest BCUT2D eigenvalue weighted by Crippen LogP contribution is 2.11. The van der Waals surface area contributed by atoms with Crippen LogP contribution >= 0.6 is 0 Å². The SMILES string of the molecule is CCN(CCOB(C)N)c1ccccc1. The Morgan fingerprint density at radius 2 is 2.00 bits per heavy atom. The number of hydrogen-bond acceptors (Lipinski definition) is 3. The van der Waals surface area contributed by atoms with E-state index in [0.717, 1.165) is 13.1 Å². The van der Waals surface area contributed by atoms with Crippen LogP contribution in [0, 0.1) is 0 Å². The molecule has 82 valence electrons. The Morgan fingerprint density at radius 3 is 2.53 bits per heavy atom. The molecule has 1 rings (SSSR count). The summed E-state index contributed by atoms with van der Waals surface area (Å²) < 4.78 is 5.33. The fourth-order valence-electron chi connectivity index (χ4n) is 1.46. The van der Waals surface area contributed by atoms with Crippen molar-refractivity contribution in [2.24, 2.45) is 5.64 Å². The summed E-state index contributed by atoms with van der Waals surface area (Å²) in [7, 11) is -0.181. The fraction of sp³-hybridized carbons (Fsp3) is 0.455. The van der Waals surface area contributed by atoms with Gasteiger partial charge in [-0.3, -0.25) is 0 Å². The van der Waals surface area contributed by atoms with Crippen molar-refractivity contribution < 1.29 is 4.65 Å². The van der Waals surface area contributed by atoms with Crippen molar-refractivity contribution in [2.45, 2.75) is 13.7 Å². The van der Waals surface area contributed by atoms with E-state index in [1.165, 1.54) is 5.69 Å². The molecule has 0 heterocycles. The molecule has 4 heteroatoms. The van der Waals surface area contributed by atoms with Crippen LogP contribution in [0.4, 0.5) is 5.69 Å². The predicted molar refractivity (Wildman–Crippen MR) is 66.1 cm³/mol. The van der Waals surface area contributed by atoms with Crippen LogP contribution < -0.4 is 10.5 Å². The number of rotatable bonds is 6. The second-order valence-corrected chi connectivity index (χ2v) is 3.49. The van der Waals surface area contributed by atoms with Crippen LogP contribution in [0.1, 0.15) is 6.92 Å². The zero-order chi connectivity index (χ0) is 11.1. The molecule has 0 unspecified atom stereocenters. The second-order valence-electron chi connectivity index (χ2n) is 3.49. The Labute approximate surface area is 92.3 Å². The topological polar surface area (TPSA) is 38.5 Å². The van der Waals surface area contributed by atoms with E-state index in [0.29, 0.717) is 6.61 Å². The predicted octanol–water partition coefficient (Wildman–Crippen LogP) is 1.61. The maximum absolute atomic E-state index is 5.52. The van der Waals surface area contributed by atoms with E-state index in [-0.39, 0.29) is 7.05 Å². The average Bonchev–Trinajstić information content (AvgIpc) is 2.25. The number of para-hydroxylation sites is 1. The van der Waals surface area contributed by atoms with E-state index in [1.807, 2.05) is 25.0 Å². The van der Waals surface area contributed by atoms with Crippen molar-refractivity contribution in [3.63, 3.8) is 0 Å². The summed E-state index contributed by atoms with van der Waals surface area (Å²) in [4.78, 5) is 2.27. The van der Waals surface area contributed by atoms with Crippen LogP contribution in [-0.4, -0.2) is 26.7 Å². The molecule has 0 aliphatic carbocycles. The zero-order valence-corrected chi connectivity index (χ0v) is 9.52. The summed E-state index contributed by atoms with van der Waals surface area (Å²) in [6.07, 6.45) is 0. The molecule has 0 amide bonds. The summed E-state index contributed by atoms with van der Waals surface area (Å²) >= 11 is 0. The molecular weight excluding hydrogens is 187 g/mol. The number of anilines is 1. The number of nitrogens with two attached hydrogens (primary N) is 1. The lowest BCUT2D eigenvalue weighted by molar-refractivity contribution is 0.330. The van der Waals surface area contributed by atoms with Gasteiger partial charge in [-0.15, -0.1) is 0 Å². The van der Waals surface area contributed by atoms with Gasteiger partial charge in [0.2, 0.25) is 0 Å². The van der Waals surface area contributed by atoms with Gasteiger partial charge in [-0.1, -0.05) is 18.2 Å². The fourth-order valence-corrected chi connectivity index (χ4v) is 1.46. The van der Waals surface area contributed by atoms with E-state index in [1.54, 1.807) is 0 Å². The molecule has 3 nitrogen and oxygen atoms in total. The minimum atomic E-state index is -0.181. The maximum Gasteiger partial charge on any atom is 0.373 e. The van der Waals surface area contributed by atoms with Crippen LogP contribution in [0.2, 0.25) is 6.82 Å². The molecule has 0 radical (unpaired) electrons. The highest BCUT2D eigenvalue weighted by atomic mass is 16.4. The minimum absolute atomic E-state index is 0.181. The molecule has 0 aliphatic heterocycles. The first kappa shape index (κ1) is 12.1. The second kappa shape index (κ2) is 6.48. The third-order valence-electron chi connectivity index (χ3n) is 2.25. The zero-order valence-electron chi connectivity index (χ0n) is 9.52. The standard InChI is InChI=1S/C11H19BN2O/c1-3-14(9-10-15-12(2)13)11-7-5-4-6-8-11/h4-8H,3,9-10,13H2,1-2H3. The van der Waals surface area contributed by atoms with Gasteiger partial charge in [0.05, 0.1) is 0 Å². The van der Waals surface area contributed by atoms with Gasteiger partial charge in [0.1, 0.15) is 0 Å². The van der Waals surface area contributed by atoms with Crippen molar-refractivity contribution in [2.75, 3.05) is 24.6 Å². The van der Waals surface area contributed by atoms with E-state index in [2.05, 4.69) is 24.0 Å². The van der Waals surface area contributed by atoms with Gasteiger partial charge in [-0.2, -0.15) is 0 Å². The van der Waals surface area contributed by atoms with Crippen LogP contribution in [0.5, 0.6) is 0 Å². The summed E-state index contributed by atoms with van der Waals surface area (Å²) in [5.41, 5.74) is 6.75. The van der Waals surface area contributed by atoms with Crippen LogP contribution in [-0.2, 0) is 4.65 Å². The highest BCUT2D eigenvalue weighted by molar-refractivity contribution is 6.46. The monoisotopic (exact) mass is 206 g/mol. The van der Waals surface area contributed by atoms with E-state index >= 15 is 0 Å². The summed E-state index contributed by atoms with van der Waals surface area (Å²) in [6.45, 7) is 6.51. The maximum atomic E-state index is 5.52. The normalized spacial score (nSPS) is 10.1. The number of benzene rings is 1. The Hall–Kier alpha value is -0.995. The lowest BCUT2D eigenvalue weighted by Gasteiger charge is -2.23. The Bertz CT molecular complexity index is 267. The van der Waals surface area contributed by atoms with Gasteiger partial charge < -0.3 is 15.2 Å². The minimum Gasteiger partial charge on any atom is -0.420 e. The van der Waals surface area contributed by atoms with Gasteiger partial charge in [-0.25, -0.2) is 0 Å². The molecule has 0 spiro atoms. The third-order valence-corrected chi connectivity index (χ3v) is 2.25. The van der Waals surface area contributed by atoms with Gasteiger partial charge in [-0.05, 0) is 25.9 Å². The molecule has 0 fully saturated rings. The molecule has 2 N–H and O–H groups in total. The molecule has 0 aromatic heterocycles. The Balaban J connectivity index is 2.43. The van der Waals surface area contributed by atoms with E-state index in [9.17, 15) is 0 Å². The number of likely N-dealkylation sites (N-methyl/N-ethyl adjacent to an activating group) is 1. The molecule has 0 saturated heterocycles. The van der Waals surface area contributed by atoms with E-state index in [4.69, 9.17) is 10.3 Å². The molecule has 0 atom stereocenters. The largest absolute Gasteiger partial charge is 0.420 e. The van der Waals surface area contributed by atoms with E-state index < -0.39 is 0 Å². The van der Waals surface area contributed by atoms with Gasteiger partial charge in [0.15, 0.2) is 0 Å². The first-order valence-electron chi connectivity index (χ1n) is 5.41. The van der Waals surface area contributed by atoms with Crippen molar-refractivity contribution in [1.82, 2.24) is 0 Å². The Kier molecular flexibility index (Phi) is 5.22. The van der Waals surface area contributed by atoms with Gasteiger partial charge >= 0.3 is 7.05 Å².